The molecule has 0 radical (unpaired) electrons. The Balaban J connectivity index is 2.50. The number of nitrogens with one attached hydrogen (secondary N) is 1. The molecule has 15 heavy (non-hydrogen) atoms. The van der Waals surface area contributed by atoms with Gasteiger partial charge in [-0.2, -0.15) is 0 Å². The second-order valence-corrected chi connectivity index (χ2v) is 3.83. The van der Waals surface area contributed by atoms with Gasteiger partial charge in [0, 0.05) is 12.7 Å². The maximum atomic E-state index is 5.49. The van der Waals surface area contributed by atoms with E-state index >= 15 is 0 Å². The summed E-state index contributed by atoms with van der Waals surface area (Å²) in [6, 6.07) is 0. The minimum atomic E-state index is 0.504. The third kappa shape index (κ3) is 4.74. The van der Waals surface area contributed by atoms with E-state index in [1.807, 2.05) is 0 Å². The van der Waals surface area contributed by atoms with Gasteiger partial charge in [0.2, 0.25) is 5.88 Å². The van der Waals surface area contributed by atoms with Crippen LogP contribution in [0.1, 0.15) is 26.5 Å². The van der Waals surface area contributed by atoms with Crippen LogP contribution in [0.4, 0.5) is 0 Å². The summed E-state index contributed by atoms with van der Waals surface area (Å²) in [5.74, 6) is 1.11. The molecule has 1 aromatic heterocycles. The van der Waals surface area contributed by atoms with Crippen LogP contribution in [-0.4, -0.2) is 23.1 Å². The molecule has 0 fully saturated rings. The predicted octanol–water partition coefficient (Wildman–Crippen LogP) is 1.62. The van der Waals surface area contributed by atoms with Crippen LogP contribution in [0.25, 0.3) is 0 Å². The lowest BCUT2D eigenvalue weighted by atomic mass is 10.2. The monoisotopic (exact) mass is 209 g/mol. The fraction of sp³-hybridized carbons (Fsp3) is 0.636. The Kier molecular flexibility index (Phi) is 5.04. The summed E-state index contributed by atoms with van der Waals surface area (Å²) in [6.45, 7) is 8.62. The van der Waals surface area contributed by atoms with Crippen LogP contribution in [0.15, 0.2) is 12.4 Å². The number of hydrogen-bond donors (Lipinski definition) is 1. The molecule has 0 aliphatic carbocycles. The van der Waals surface area contributed by atoms with E-state index in [1.54, 1.807) is 12.4 Å². The molecule has 0 bridgehead atoms. The van der Waals surface area contributed by atoms with E-state index in [4.69, 9.17) is 4.74 Å². The van der Waals surface area contributed by atoms with E-state index in [0.717, 1.165) is 18.8 Å². The van der Waals surface area contributed by atoms with Crippen LogP contribution in [0.5, 0.6) is 5.88 Å². The fourth-order valence-corrected chi connectivity index (χ4v) is 1.05. The number of ether oxygens (including phenoxy) is 1. The Hall–Kier alpha value is -1.16. The SMILES string of the molecule is CCNCc1cncc(OCC(C)C)n1. The van der Waals surface area contributed by atoms with Crippen molar-refractivity contribution in [3.8, 4) is 5.88 Å². The maximum absolute atomic E-state index is 5.49. The highest BCUT2D eigenvalue weighted by Crippen LogP contribution is 2.06. The quantitative estimate of drug-likeness (QED) is 0.773. The first-order valence-electron chi connectivity index (χ1n) is 5.36. The Morgan fingerprint density at radius 1 is 1.40 bits per heavy atom. The molecule has 1 aromatic rings. The first-order valence-corrected chi connectivity index (χ1v) is 5.36. The van der Waals surface area contributed by atoms with Crippen LogP contribution in [0, 0.1) is 5.92 Å². The average molecular weight is 209 g/mol. The highest BCUT2D eigenvalue weighted by Gasteiger charge is 2.00. The molecule has 4 heteroatoms. The Bertz CT molecular complexity index is 289. The topological polar surface area (TPSA) is 47.0 Å². The van der Waals surface area contributed by atoms with E-state index in [1.165, 1.54) is 0 Å². The standard InChI is InChI=1S/C11H19N3O/c1-4-12-5-10-6-13-7-11(14-10)15-8-9(2)3/h6-7,9,12H,4-5,8H2,1-3H3. The van der Waals surface area contributed by atoms with Gasteiger partial charge in [-0.15, -0.1) is 0 Å². The van der Waals surface area contributed by atoms with Crippen LogP contribution in [0.2, 0.25) is 0 Å². The molecule has 0 aliphatic heterocycles. The highest BCUT2D eigenvalue weighted by molar-refractivity contribution is 5.08. The molecule has 4 nitrogen and oxygen atoms in total. The summed E-state index contributed by atoms with van der Waals surface area (Å²) in [4.78, 5) is 8.42. The first-order chi connectivity index (χ1) is 7.22. The largest absolute Gasteiger partial charge is 0.476 e. The second kappa shape index (κ2) is 6.35. The van der Waals surface area contributed by atoms with Crippen LogP contribution >= 0.6 is 0 Å². The van der Waals surface area contributed by atoms with Crippen molar-refractivity contribution >= 4 is 0 Å². The fourth-order valence-electron chi connectivity index (χ4n) is 1.05. The summed E-state index contributed by atoms with van der Waals surface area (Å²) < 4.78 is 5.49. The van der Waals surface area contributed by atoms with Crippen molar-refractivity contribution in [2.45, 2.75) is 27.3 Å². The number of nitrogens with zero attached hydrogens (tertiary/aromatic N) is 2. The van der Waals surface area contributed by atoms with Gasteiger partial charge < -0.3 is 10.1 Å². The lowest BCUT2D eigenvalue weighted by molar-refractivity contribution is 0.259. The van der Waals surface area contributed by atoms with Gasteiger partial charge in [0.05, 0.1) is 18.5 Å². The van der Waals surface area contributed by atoms with Crippen LogP contribution < -0.4 is 10.1 Å². The Morgan fingerprint density at radius 3 is 2.87 bits per heavy atom. The third-order valence-corrected chi connectivity index (χ3v) is 1.78. The van der Waals surface area contributed by atoms with Crippen molar-refractivity contribution in [3.63, 3.8) is 0 Å². The van der Waals surface area contributed by atoms with Gasteiger partial charge in [0.15, 0.2) is 0 Å². The van der Waals surface area contributed by atoms with Crippen molar-refractivity contribution in [1.82, 2.24) is 15.3 Å². The van der Waals surface area contributed by atoms with Crippen molar-refractivity contribution in [3.05, 3.63) is 18.1 Å². The molecule has 0 amide bonds. The zero-order valence-electron chi connectivity index (χ0n) is 9.66. The molecule has 0 aliphatic rings. The highest BCUT2D eigenvalue weighted by atomic mass is 16.5. The van der Waals surface area contributed by atoms with Gasteiger partial charge in [-0.3, -0.25) is 4.98 Å². The van der Waals surface area contributed by atoms with Gasteiger partial charge in [-0.05, 0) is 12.5 Å². The lowest BCUT2D eigenvalue weighted by Gasteiger charge is -2.08. The lowest BCUT2D eigenvalue weighted by Crippen LogP contribution is -2.14. The maximum Gasteiger partial charge on any atom is 0.232 e. The molecule has 0 aromatic carbocycles. The number of aromatic nitrogens is 2. The molecular formula is C11H19N3O. The van der Waals surface area contributed by atoms with Crippen molar-refractivity contribution < 1.29 is 4.74 Å². The van der Waals surface area contributed by atoms with E-state index in [-0.39, 0.29) is 0 Å². The van der Waals surface area contributed by atoms with Gasteiger partial charge >= 0.3 is 0 Å². The normalized spacial score (nSPS) is 10.7. The minimum absolute atomic E-state index is 0.504. The van der Waals surface area contributed by atoms with Gasteiger partial charge in [-0.1, -0.05) is 20.8 Å². The molecule has 0 atom stereocenters. The molecule has 1 N–H and O–H groups in total. The Morgan fingerprint density at radius 2 is 2.20 bits per heavy atom. The van der Waals surface area contributed by atoms with Crippen LogP contribution in [-0.2, 0) is 6.54 Å². The van der Waals surface area contributed by atoms with Crippen molar-refractivity contribution in [2.75, 3.05) is 13.2 Å². The molecule has 84 valence electrons. The third-order valence-electron chi connectivity index (χ3n) is 1.78. The van der Waals surface area contributed by atoms with Gasteiger partial charge in [0.25, 0.3) is 0 Å². The van der Waals surface area contributed by atoms with Crippen molar-refractivity contribution in [1.29, 1.82) is 0 Å². The molecular weight excluding hydrogens is 190 g/mol. The van der Waals surface area contributed by atoms with E-state index in [2.05, 4.69) is 36.1 Å². The van der Waals surface area contributed by atoms with E-state index < -0.39 is 0 Å². The molecule has 0 spiro atoms. The zero-order valence-corrected chi connectivity index (χ0v) is 9.66. The first kappa shape index (κ1) is 11.9. The molecule has 0 saturated carbocycles. The number of rotatable bonds is 6. The van der Waals surface area contributed by atoms with Crippen molar-refractivity contribution in [2.24, 2.45) is 5.92 Å². The summed E-state index contributed by atoms with van der Waals surface area (Å²) >= 11 is 0. The summed E-state index contributed by atoms with van der Waals surface area (Å²) in [5, 5.41) is 3.20. The predicted molar refractivity (Wildman–Crippen MR) is 59.7 cm³/mol. The van der Waals surface area contributed by atoms with Crippen LogP contribution in [0.3, 0.4) is 0 Å². The summed E-state index contributed by atoms with van der Waals surface area (Å²) in [7, 11) is 0. The summed E-state index contributed by atoms with van der Waals surface area (Å²) in [6.07, 6.45) is 3.41. The van der Waals surface area contributed by atoms with Gasteiger partial charge in [0.1, 0.15) is 0 Å². The zero-order chi connectivity index (χ0) is 11.1. The molecule has 1 heterocycles. The average Bonchev–Trinajstić information content (AvgIpc) is 2.24. The van der Waals surface area contributed by atoms with Gasteiger partial charge in [-0.25, -0.2) is 4.98 Å². The van der Waals surface area contributed by atoms with E-state index in [9.17, 15) is 0 Å². The molecule has 0 saturated heterocycles. The van der Waals surface area contributed by atoms with E-state index in [0.29, 0.717) is 18.4 Å². The smallest absolute Gasteiger partial charge is 0.232 e. The molecule has 0 unspecified atom stereocenters. The number of hydrogen-bond acceptors (Lipinski definition) is 4. The minimum Gasteiger partial charge on any atom is -0.476 e. The molecule has 1 rings (SSSR count). The second-order valence-electron chi connectivity index (χ2n) is 3.83. The summed E-state index contributed by atoms with van der Waals surface area (Å²) in [5.41, 5.74) is 0.915. The Labute approximate surface area is 91.1 Å².